The lowest BCUT2D eigenvalue weighted by atomic mass is 10.0. The van der Waals surface area contributed by atoms with Crippen LogP contribution in [0.15, 0.2) is 24.3 Å². The minimum Gasteiger partial charge on any atom is -0.381 e. The molecule has 1 aromatic rings. The van der Waals surface area contributed by atoms with Crippen molar-refractivity contribution < 1.29 is 0 Å². The van der Waals surface area contributed by atoms with Gasteiger partial charge in [-0.2, -0.15) is 0 Å². The normalized spacial score (nSPS) is 20.3. The van der Waals surface area contributed by atoms with E-state index in [4.69, 9.17) is 0 Å². The number of hydrogen-bond acceptors (Lipinski definition) is 3. The standard InChI is InChI=1S/C17H29N3/c1-4-20(5-2)13-15-9-6-7-11-17(15)18-16-10-8-12-19(3)14-16/h6-7,9,11,16,18H,4-5,8,10,12-14H2,1-3H3. The Hall–Kier alpha value is -1.06. The fourth-order valence-corrected chi connectivity index (χ4v) is 2.99. The first-order valence-electron chi connectivity index (χ1n) is 7.98. The van der Waals surface area contributed by atoms with E-state index in [2.05, 4.69) is 60.3 Å². The molecule has 1 aromatic carbocycles. The van der Waals surface area contributed by atoms with Gasteiger partial charge in [-0.3, -0.25) is 4.90 Å². The van der Waals surface area contributed by atoms with E-state index >= 15 is 0 Å². The Morgan fingerprint density at radius 2 is 2.00 bits per heavy atom. The molecule has 0 saturated carbocycles. The molecule has 1 aliphatic rings. The fourth-order valence-electron chi connectivity index (χ4n) is 2.99. The summed E-state index contributed by atoms with van der Waals surface area (Å²) in [5.41, 5.74) is 2.74. The van der Waals surface area contributed by atoms with Crippen molar-refractivity contribution in [2.45, 2.75) is 39.3 Å². The van der Waals surface area contributed by atoms with Gasteiger partial charge in [0.25, 0.3) is 0 Å². The van der Waals surface area contributed by atoms with Crippen LogP contribution >= 0.6 is 0 Å². The van der Waals surface area contributed by atoms with Gasteiger partial charge in [0, 0.05) is 24.8 Å². The van der Waals surface area contributed by atoms with E-state index in [-0.39, 0.29) is 0 Å². The second-order valence-corrected chi connectivity index (χ2v) is 5.86. The molecule has 1 heterocycles. The highest BCUT2D eigenvalue weighted by atomic mass is 15.1. The summed E-state index contributed by atoms with van der Waals surface area (Å²) >= 11 is 0. The van der Waals surface area contributed by atoms with Crippen molar-refractivity contribution in [3.63, 3.8) is 0 Å². The third kappa shape index (κ3) is 4.22. The van der Waals surface area contributed by atoms with Crippen molar-refractivity contribution >= 4 is 5.69 Å². The number of nitrogens with one attached hydrogen (secondary N) is 1. The Kier molecular flexibility index (Phi) is 5.86. The van der Waals surface area contributed by atoms with E-state index in [1.54, 1.807) is 0 Å². The zero-order valence-electron chi connectivity index (χ0n) is 13.2. The molecule has 112 valence electrons. The van der Waals surface area contributed by atoms with Gasteiger partial charge in [0.05, 0.1) is 0 Å². The van der Waals surface area contributed by atoms with Crippen LogP contribution < -0.4 is 5.32 Å². The Bertz CT molecular complexity index is 401. The molecule has 0 bridgehead atoms. The summed E-state index contributed by atoms with van der Waals surface area (Å²) < 4.78 is 0. The molecule has 0 spiro atoms. The lowest BCUT2D eigenvalue weighted by Gasteiger charge is -2.32. The van der Waals surface area contributed by atoms with E-state index in [9.17, 15) is 0 Å². The molecule has 0 radical (unpaired) electrons. The van der Waals surface area contributed by atoms with E-state index in [0.29, 0.717) is 6.04 Å². The predicted octanol–water partition coefficient (Wildman–Crippen LogP) is 3.03. The quantitative estimate of drug-likeness (QED) is 0.861. The second-order valence-electron chi connectivity index (χ2n) is 5.86. The third-order valence-corrected chi connectivity index (χ3v) is 4.29. The number of para-hydroxylation sites is 1. The van der Waals surface area contributed by atoms with Gasteiger partial charge in [-0.15, -0.1) is 0 Å². The van der Waals surface area contributed by atoms with Gasteiger partial charge in [0.2, 0.25) is 0 Å². The van der Waals surface area contributed by atoms with Crippen molar-refractivity contribution in [3.8, 4) is 0 Å². The first-order valence-corrected chi connectivity index (χ1v) is 7.98. The average molecular weight is 275 g/mol. The fraction of sp³-hybridized carbons (Fsp3) is 0.647. The number of likely N-dealkylation sites (N-methyl/N-ethyl adjacent to an activating group) is 1. The molecule has 1 atom stereocenters. The van der Waals surface area contributed by atoms with Crippen molar-refractivity contribution in [1.82, 2.24) is 9.80 Å². The maximum atomic E-state index is 3.77. The molecule has 1 fully saturated rings. The van der Waals surface area contributed by atoms with E-state index in [0.717, 1.165) is 26.2 Å². The van der Waals surface area contributed by atoms with Crippen LogP contribution in [0, 0.1) is 0 Å². The molecular formula is C17H29N3. The monoisotopic (exact) mass is 275 g/mol. The summed E-state index contributed by atoms with van der Waals surface area (Å²) in [5, 5.41) is 3.77. The maximum Gasteiger partial charge on any atom is 0.0388 e. The van der Waals surface area contributed by atoms with E-state index in [1.165, 1.54) is 30.6 Å². The van der Waals surface area contributed by atoms with Crippen molar-refractivity contribution in [2.24, 2.45) is 0 Å². The number of anilines is 1. The second kappa shape index (κ2) is 7.65. The first kappa shape index (κ1) is 15.3. The van der Waals surface area contributed by atoms with Crippen molar-refractivity contribution in [1.29, 1.82) is 0 Å². The minimum atomic E-state index is 0.589. The molecule has 20 heavy (non-hydrogen) atoms. The Morgan fingerprint density at radius 3 is 2.70 bits per heavy atom. The summed E-state index contributed by atoms with van der Waals surface area (Å²) in [6, 6.07) is 9.37. The number of benzene rings is 1. The lowest BCUT2D eigenvalue weighted by Crippen LogP contribution is -2.40. The van der Waals surface area contributed by atoms with Crippen LogP contribution in [0.25, 0.3) is 0 Å². The van der Waals surface area contributed by atoms with Crippen LogP contribution in [-0.4, -0.2) is 49.1 Å². The van der Waals surface area contributed by atoms with Crippen LogP contribution in [0.1, 0.15) is 32.3 Å². The summed E-state index contributed by atoms with van der Waals surface area (Å²) in [7, 11) is 2.22. The van der Waals surface area contributed by atoms with Crippen LogP contribution in [0.4, 0.5) is 5.69 Å². The number of hydrogen-bond donors (Lipinski definition) is 1. The number of nitrogens with zero attached hydrogens (tertiary/aromatic N) is 2. The molecule has 2 rings (SSSR count). The van der Waals surface area contributed by atoms with Crippen molar-refractivity contribution in [2.75, 3.05) is 38.5 Å². The molecule has 1 unspecified atom stereocenters. The topological polar surface area (TPSA) is 18.5 Å². The molecule has 1 saturated heterocycles. The van der Waals surface area contributed by atoms with Crippen molar-refractivity contribution in [3.05, 3.63) is 29.8 Å². The smallest absolute Gasteiger partial charge is 0.0388 e. The molecular weight excluding hydrogens is 246 g/mol. The number of piperidine rings is 1. The summed E-state index contributed by atoms with van der Waals surface area (Å²) in [5.74, 6) is 0. The first-order chi connectivity index (χ1) is 9.72. The molecule has 0 aromatic heterocycles. The Balaban J connectivity index is 2.03. The zero-order valence-corrected chi connectivity index (χ0v) is 13.2. The zero-order chi connectivity index (χ0) is 14.4. The SMILES string of the molecule is CCN(CC)Cc1ccccc1NC1CCCN(C)C1. The van der Waals surface area contributed by atoms with E-state index < -0.39 is 0 Å². The summed E-state index contributed by atoms with van der Waals surface area (Å²) in [4.78, 5) is 4.89. The number of likely N-dealkylation sites (tertiary alicyclic amines) is 1. The highest BCUT2D eigenvalue weighted by molar-refractivity contribution is 5.51. The molecule has 1 aliphatic heterocycles. The summed E-state index contributed by atoms with van der Waals surface area (Å²) in [6.07, 6.45) is 2.58. The molecule has 3 heteroatoms. The lowest BCUT2D eigenvalue weighted by molar-refractivity contribution is 0.260. The third-order valence-electron chi connectivity index (χ3n) is 4.29. The van der Waals surface area contributed by atoms with Gasteiger partial charge in [0.1, 0.15) is 0 Å². The van der Waals surface area contributed by atoms with Gasteiger partial charge in [-0.05, 0) is 51.2 Å². The van der Waals surface area contributed by atoms with Crippen LogP contribution in [-0.2, 0) is 6.54 Å². The highest BCUT2D eigenvalue weighted by Gasteiger charge is 2.17. The average Bonchev–Trinajstić information content (AvgIpc) is 2.46. The predicted molar refractivity (Wildman–Crippen MR) is 87.2 cm³/mol. The van der Waals surface area contributed by atoms with Gasteiger partial charge in [0.15, 0.2) is 0 Å². The molecule has 1 N–H and O–H groups in total. The largest absolute Gasteiger partial charge is 0.381 e. The van der Waals surface area contributed by atoms with Gasteiger partial charge < -0.3 is 10.2 Å². The van der Waals surface area contributed by atoms with Crippen LogP contribution in [0.3, 0.4) is 0 Å². The molecule has 3 nitrogen and oxygen atoms in total. The Labute approximate surface area is 124 Å². The molecule has 0 aliphatic carbocycles. The molecule has 0 amide bonds. The van der Waals surface area contributed by atoms with Gasteiger partial charge >= 0.3 is 0 Å². The van der Waals surface area contributed by atoms with E-state index in [1.807, 2.05) is 0 Å². The van der Waals surface area contributed by atoms with Crippen LogP contribution in [0.5, 0.6) is 0 Å². The Morgan fingerprint density at radius 1 is 1.25 bits per heavy atom. The minimum absolute atomic E-state index is 0.589. The maximum absolute atomic E-state index is 3.77. The highest BCUT2D eigenvalue weighted by Crippen LogP contribution is 2.21. The van der Waals surface area contributed by atoms with Gasteiger partial charge in [-0.1, -0.05) is 32.0 Å². The van der Waals surface area contributed by atoms with Crippen LogP contribution in [0.2, 0.25) is 0 Å². The van der Waals surface area contributed by atoms with Gasteiger partial charge in [-0.25, -0.2) is 0 Å². The number of rotatable bonds is 6. The summed E-state index contributed by atoms with van der Waals surface area (Å²) in [6.45, 7) is 10.1.